The van der Waals surface area contributed by atoms with Crippen molar-refractivity contribution in [2.75, 3.05) is 19.0 Å². The van der Waals surface area contributed by atoms with E-state index >= 15 is 0 Å². The fraction of sp³-hybridized carbons (Fsp3) is 0.400. The van der Waals surface area contributed by atoms with Gasteiger partial charge in [0.1, 0.15) is 0 Å². The van der Waals surface area contributed by atoms with Gasteiger partial charge in [0.25, 0.3) is 0 Å². The van der Waals surface area contributed by atoms with Crippen LogP contribution in [0.4, 0.5) is 10.5 Å². The van der Waals surface area contributed by atoms with Crippen molar-refractivity contribution < 1.29 is 24.2 Å². The number of carbonyl (C=O) groups excluding carboxylic acids is 2. The van der Waals surface area contributed by atoms with Crippen molar-refractivity contribution in [2.24, 2.45) is 0 Å². The molecule has 0 radical (unpaired) electrons. The summed E-state index contributed by atoms with van der Waals surface area (Å²) in [4.78, 5) is 33.6. The Labute approximate surface area is 128 Å². The van der Waals surface area contributed by atoms with Crippen LogP contribution in [0, 0.1) is 0 Å². The van der Waals surface area contributed by atoms with Gasteiger partial charge in [-0.1, -0.05) is 12.1 Å². The zero-order valence-corrected chi connectivity index (χ0v) is 12.8. The van der Waals surface area contributed by atoms with E-state index in [9.17, 15) is 14.4 Å². The zero-order valence-electron chi connectivity index (χ0n) is 12.8. The van der Waals surface area contributed by atoms with Crippen LogP contribution in [0.5, 0.6) is 0 Å². The summed E-state index contributed by atoms with van der Waals surface area (Å²) in [6, 6.07) is 6.29. The van der Waals surface area contributed by atoms with Crippen molar-refractivity contribution in [1.82, 2.24) is 5.32 Å². The minimum Gasteiger partial charge on any atom is -0.481 e. The number of methoxy groups -OCH3 is 1. The van der Waals surface area contributed by atoms with Crippen molar-refractivity contribution in [3.63, 3.8) is 0 Å². The number of carboxylic acid groups (broad SMARTS) is 1. The zero-order chi connectivity index (χ0) is 16.8. The molecule has 1 aromatic rings. The van der Waals surface area contributed by atoms with Crippen LogP contribution < -0.4 is 10.6 Å². The molecule has 1 rings (SSSR count). The number of hydrogen-bond acceptors (Lipinski definition) is 4. The molecule has 0 spiro atoms. The predicted octanol–water partition coefficient (Wildman–Crippen LogP) is 1.73. The number of esters is 1. The monoisotopic (exact) mass is 308 g/mol. The Bertz CT molecular complexity index is 552. The topological polar surface area (TPSA) is 105 Å². The van der Waals surface area contributed by atoms with Gasteiger partial charge in [0.15, 0.2) is 0 Å². The number of urea groups is 1. The number of hydrogen-bond donors (Lipinski definition) is 3. The molecule has 3 N–H and O–H groups in total. The number of aliphatic carboxylic acids is 1. The lowest BCUT2D eigenvalue weighted by atomic mass is 9.85. The first-order valence-corrected chi connectivity index (χ1v) is 6.73. The Hall–Kier alpha value is -2.57. The molecule has 0 aliphatic rings. The maximum Gasteiger partial charge on any atom is 0.319 e. The number of carboxylic acids is 1. The van der Waals surface area contributed by atoms with Crippen LogP contribution in [-0.2, 0) is 19.7 Å². The van der Waals surface area contributed by atoms with Gasteiger partial charge in [-0.15, -0.1) is 0 Å². The molecule has 2 amide bonds. The second-order valence-electron chi connectivity index (χ2n) is 5.22. The number of anilines is 1. The summed E-state index contributed by atoms with van der Waals surface area (Å²) in [5.74, 6) is -1.32. The molecule has 22 heavy (non-hydrogen) atoms. The van der Waals surface area contributed by atoms with Crippen LogP contribution in [0.15, 0.2) is 24.3 Å². The first kappa shape index (κ1) is 17.5. The number of amides is 2. The molecule has 0 aliphatic heterocycles. The lowest BCUT2D eigenvalue weighted by Crippen LogP contribution is -2.31. The Morgan fingerprint density at radius 1 is 1.18 bits per heavy atom. The maximum absolute atomic E-state index is 11.7. The molecule has 0 saturated carbocycles. The van der Waals surface area contributed by atoms with Crippen LogP contribution >= 0.6 is 0 Å². The number of rotatable bonds is 6. The number of carbonyl (C=O) groups is 3. The minimum absolute atomic E-state index is 0.0502. The molecule has 0 unspecified atom stereocenters. The van der Waals surface area contributed by atoms with E-state index in [-0.39, 0.29) is 18.9 Å². The second kappa shape index (κ2) is 7.44. The summed E-state index contributed by atoms with van der Waals surface area (Å²) in [5.41, 5.74) is 0.519. The van der Waals surface area contributed by atoms with E-state index in [2.05, 4.69) is 10.6 Å². The van der Waals surface area contributed by atoms with Crippen molar-refractivity contribution in [1.29, 1.82) is 0 Å². The highest BCUT2D eigenvalue weighted by atomic mass is 16.5. The molecule has 7 heteroatoms. The molecule has 1 aromatic carbocycles. The third-order valence-electron chi connectivity index (χ3n) is 3.18. The summed E-state index contributed by atoms with van der Waals surface area (Å²) >= 11 is 0. The highest BCUT2D eigenvalue weighted by Gasteiger charge is 2.30. The van der Waals surface area contributed by atoms with Crippen molar-refractivity contribution in [2.45, 2.75) is 25.7 Å². The molecular weight excluding hydrogens is 288 g/mol. The summed E-state index contributed by atoms with van der Waals surface area (Å²) < 4.78 is 4.76. The fourth-order valence-corrected chi connectivity index (χ4v) is 1.80. The van der Waals surface area contributed by atoms with Gasteiger partial charge in [0.05, 0.1) is 18.9 Å². The van der Waals surface area contributed by atoms with E-state index < -0.39 is 17.4 Å². The molecule has 0 bridgehead atoms. The largest absolute Gasteiger partial charge is 0.481 e. The molecule has 0 atom stereocenters. The van der Waals surface area contributed by atoms with Gasteiger partial charge < -0.3 is 20.5 Å². The average molecular weight is 308 g/mol. The van der Waals surface area contributed by atoms with Gasteiger partial charge in [-0.3, -0.25) is 9.59 Å². The number of ether oxygens (including phenoxy) is 1. The fourth-order valence-electron chi connectivity index (χ4n) is 1.80. The van der Waals surface area contributed by atoms with Gasteiger partial charge in [-0.25, -0.2) is 4.79 Å². The SMILES string of the molecule is COC(=O)C(C)(C)c1ccc(NC(=O)NCCC(=O)O)cc1. The van der Waals surface area contributed by atoms with Crippen molar-refractivity contribution in [3.05, 3.63) is 29.8 Å². The third-order valence-corrected chi connectivity index (χ3v) is 3.18. The van der Waals surface area contributed by atoms with Crippen LogP contribution in [0.3, 0.4) is 0 Å². The molecule has 0 heterocycles. The summed E-state index contributed by atoms with van der Waals surface area (Å²) in [5, 5.41) is 13.5. The Kier molecular flexibility index (Phi) is 5.91. The van der Waals surface area contributed by atoms with E-state index in [0.717, 1.165) is 5.56 Å². The average Bonchev–Trinajstić information content (AvgIpc) is 2.46. The molecule has 0 aliphatic carbocycles. The normalized spacial score (nSPS) is 10.7. The maximum atomic E-state index is 11.7. The van der Waals surface area contributed by atoms with Gasteiger partial charge >= 0.3 is 18.0 Å². The van der Waals surface area contributed by atoms with Crippen LogP contribution in [0.25, 0.3) is 0 Å². The van der Waals surface area contributed by atoms with Gasteiger partial charge in [-0.2, -0.15) is 0 Å². The standard InChI is InChI=1S/C15H20N2O5/c1-15(2,13(20)22-3)10-4-6-11(7-5-10)17-14(21)16-9-8-12(18)19/h4-7H,8-9H2,1-3H3,(H,18,19)(H2,16,17,21). The molecule has 120 valence electrons. The lowest BCUT2D eigenvalue weighted by molar-refractivity contribution is -0.146. The second-order valence-corrected chi connectivity index (χ2v) is 5.22. The molecule has 0 fully saturated rings. The molecule has 7 nitrogen and oxygen atoms in total. The minimum atomic E-state index is -0.977. The quantitative estimate of drug-likeness (QED) is 0.694. The Morgan fingerprint density at radius 3 is 2.27 bits per heavy atom. The first-order chi connectivity index (χ1) is 10.3. The van der Waals surface area contributed by atoms with Gasteiger partial charge in [0, 0.05) is 12.2 Å². The number of nitrogens with one attached hydrogen (secondary N) is 2. The first-order valence-electron chi connectivity index (χ1n) is 6.73. The van der Waals surface area contributed by atoms with Crippen LogP contribution in [0.1, 0.15) is 25.8 Å². The van der Waals surface area contributed by atoms with Gasteiger partial charge in [0.2, 0.25) is 0 Å². The smallest absolute Gasteiger partial charge is 0.319 e. The molecule has 0 saturated heterocycles. The number of benzene rings is 1. The predicted molar refractivity (Wildman–Crippen MR) is 80.8 cm³/mol. The van der Waals surface area contributed by atoms with Crippen molar-refractivity contribution in [3.8, 4) is 0 Å². The highest BCUT2D eigenvalue weighted by molar-refractivity contribution is 5.89. The van der Waals surface area contributed by atoms with E-state index in [1.165, 1.54) is 7.11 Å². The third kappa shape index (κ3) is 4.76. The summed E-state index contributed by atoms with van der Waals surface area (Å²) in [6.45, 7) is 3.55. The summed E-state index contributed by atoms with van der Waals surface area (Å²) in [7, 11) is 1.33. The molecular formula is C15H20N2O5. The highest BCUT2D eigenvalue weighted by Crippen LogP contribution is 2.25. The van der Waals surface area contributed by atoms with Gasteiger partial charge in [-0.05, 0) is 31.5 Å². The van der Waals surface area contributed by atoms with E-state index in [1.54, 1.807) is 38.1 Å². The molecule has 0 aromatic heterocycles. The Balaban J connectivity index is 2.63. The van der Waals surface area contributed by atoms with E-state index in [0.29, 0.717) is 5.69 Å². The van der Waals surface area contributed by atoms with Crippen LogP contribution in [0.2, 0.25) is 0 Å². The van der Waals surface area contributed by atoms with Crippen molar-refractivity contribution >= 4 is 23.7 Å². The van der Waals surface area contributed by atoms with Crippen LogP contribution in [-0.4, -0.2) is 36.7 Å². The van der Waals surface area contributed by atoms with E-state index in [4.69, 9.17) is 9.84 Å². The summed E-state index contributed by atoms with van der Waals surface area (Å²) in [6.07, 6.45) is -0.139. The lowest BCUT2D eigenvalue weighted by Gasteiger charge is -2.22. The Morgan fingerprint density at radius 2 is 1.77 bits per heavy atom. The van der Waals surface area contributed by atoms with E-state index in [1.807, 2.05) is 0 Å².